The van der Waals surface area contributed by atoms with Crippen LogP contribution in [0.5, 0.6) is 5.75 Å². The molecule has 0 aliphatic carbocycles. The fraction of sp³-hybridized carbons (Fsp3) is 0.143. The molecule has 1 N–H and O–H groups in total. The van der Waals surface area contributed by atoms with E-state index in [1.54, 1.807) is 12.1 Å². The second kappa shape index (κ2) is 6.06. The highest BCUT2D eigenvalue weighted by Crippen LogP contribution is 2.41. The third kappa shape index (κ3) is 2.87. The number of hydrogen-bond donors (Lipinski definition) is 1. The molecule has 1 aliphatic heterocycles. The molecule has 0 fully saturated rings. The second-order valence-electron chi connectivity index (χ2n) is 6.22. The maximum absolute atomic E-state index is 12.3. The Morgan fingerprint density at radius 3 is 2.56 bits per heavy atom. The van der Waals surface area contributed by atoms with Gasteiger partial charge in [-0.15, -0.1) is 0 Å². The van der Waals surface area contributed by atoms with E-state index in [2.05, 4.69) is 17.4 Å². The van der Waals surface area contributed by atoms with E-state index in [-0.39, 0.29) is 17.8 Å². The van der Waals surface area contributed by atoms with Gasteiger partial charge >= 0.3 is 5.97 Å². The van der Waals surface area contributed by atoms with E-state index in [1.807, 2.05) is 36.4 Å². The van der Waals surface area contributed by atoms with Crippen LogP contribution in [0.1, 0.15) is 30.4 Å². The Morgan fingerprint density at radius 2 is 1.80 bits per heavy atom. The van der Waals surface area contributed by atoms with E-state index in [4.69, 9.17) is 4.74 Å². The fourth-order valence-corrected chi connectivity index (χ4v) is 3.44. The van der Waals surface area contributed by atoms with Gasteiger partial charge in [0.15, 0.2) is 0 Å². The lowest BCUT2D eigenvalue weighted by Crippen LogP contribution is -2.23. The van der Waals surface area contributed by atoms with E-state index in [1.165, 1.54) is 6.92 Å². The summed E-state index contributed by atoms with van der Waals surface area (Å²) in [5.74, 6) is 0.162. The molecule has 4 heteroatoms. The zero-order valence-electron chi connectivity index (χ0n) is 13.8. The lowest BCUT2D eigenvalue weighted by atomic mass is 9.83. The van der Waals surface area contributed by atoms with E-state index in [0.29, 0.717) is 12.2 Å². The molecule has 1 atom stereocenters. The van der Waals surface area contributed by atoms with Crippen molar-refractivity contribution in [1.29, 1.82) is 0 Å². The van der Waals surface area contributed by atoms with Crippen LogP contribution in [0, 0.1) is 0 Å². The minimum absolute atomic E-state index is 0.0120. The molecule has 0 radical (unpaired) electrons. The number of esters is 1. The first-order valence-corrected chi connectivity index (χ1v) is 8.22. The molecule has 0 saturated heterocycles. The van der Waals surface area contributed by atoms with Crippen molar-refractivity contribution in [3.05, 3.63) is 71.8 Å². The van der Waals surface area contributed by atoms with Gasteiger partial charge in [-0.1, -0.05) is 48.5 Å². The van der Waals surface area contributed by atoms with Crippen LogP contribution in [0.15, 0.2) is 60.7 Å². The van der Waals surface area contributed by atoms with Crippen LogP contribution in [0.3, 0.4) is 0 Å². The van der Waals surface area contributed by atoms with Crippen molar-refractivity contribution in [2.75, 3.05) is 5.32 Å². The summed E-state index contributed by atoms with van der Waals surface area (Å²) in [6.45, 7) is 1.38. The fourth-order valence-electron chi connectivity index (χ4n) is 3.44. The molecule has 0 saturated carbocycles. The Morgan fingerprint density at radius 1 is 1.04 bits per heavy atom. The number of nitrogens with one attached hydrogen (secondary N) is 1. The first kappa shape index (κ1) is 15.4. The molecule has 0 aromatic heterocycles. The largest absolute Gasteiger partial charge is 0.427 e. The standard InChI is InChI=1S/C21H17NO3/c1-13(23)25-16-9-6-15(7-10-16)19-12-20(24)22-21-17-5-3-2-4-14(17)8-11-18(19)21/h2-11,19H,12H2,1H3,(H,22,24)/t19-/m1/s1. The van der Waals surface area contributed by atoms with Crippen LogP contribution in [-0.4, -0.2) is 11.9 Å². The number of benzene rings is 3. The molecule has 124 valence electrons. The van der Waals surface area contributed by atoms with Crippen LogP contribution in [0.2, 0.25) is 0 Å². The van der Waals surface area contributed by atoms with E-state index >= 15 is 0 Å². The molecule has 4 rings (SSSR count). The second-order valence-corrected chi connectivity index (χ2v) is 6.22. The van der Waals surface area contributed by atoms with Crippen LogP contribution < -0.4 is 10.1 Å². The maximum Gasteiger partial charge on any atom is 0.308 e. The van der Waals surface area contributed by atoms with Gasteiger partial charge in [0, 0.05) is 24.6 Å². The Bertz CT molecular complexity index is 976. The van der Waals surface area contributed by atoms with Crippen LogP contribution in [0.4, 0.5) is 5.69 Å². The molecule has 4 nitrogen and oxygen atoms in total. The van der Waals surface area contributed by atoms with Gasteiger partial charge in [0.25, 0.3) is 0 Å². The molecule has 1 aliphatic rings. The molecule has 3 aromatic rings. The molecule has 0 bridgehead atoms. The Balaban J connectivity index is 1.78. The van der Waals surface area contributed by atoms with Gasteiger partial charge in [-0.2, -0.15) is 0 Å². The maximum atomic E-state index is 12.3. The lowest BCUT2D eigenvalue weighted by molar-refractivity contribution is -0.131. The zero-order chi connectivity index (χ0) is 17.4. The van der Waals surface area contributed by atoms with Crippen LogP contribution in [-0.2, 0) is 9.59 Å². The minimum atomic E-state index is -0.346. The lowest BCUT2D eigenvalue weighted by Gasteiger charge is -2.27. The SMILES string of the molecule is CC(=O)Oc1ccc([C@H]2CC(=O)Nc3c2ccc2ccccc32)cc1. The van der Waals surface area contributed by atoms with Gasteiger partial charge in [-0.25, -0.2) is 0 Å². The Labute approximate surface area is 145 Å². The molecule has 1 heterocycles. The number of ether oxygens (including phenoxy) is 1. The van der Waals surface area contributed by atoms with E-state index < -0.39 is 0 Å². The molecule has 25 heavy (non-hydrogen) atoms. The summed E-state index contributed by atoms with van der Waals surface area (Å²) in [6, 6.07) is 19.6. The van der Waals surface area contributed by atoms with Crippen molar-refractivity contribution in [1.82, 2.24) is 0 Å². The topological polar surface area (TPSA) is 55.4 Å². The van der Waals surface area contributed by atoms with E-state index in [0.717, 1.165) is 27.6 Å². The third-order valence-electron chi connectivity index (χ3n) is 4.53. The predicted molar refractivity (Wildman–Crippen MR) is 96.8 cm³/mol. The average molecular weight is 331 g/mol. The minimum Gasteiger partial charge on any atom is -0.427 e. The van der Waals surface area contributed by atoms with Crippen molar-refractivity contribution >= 4 is 28.3 Å². The molecule has 1 amide bonds. The number of carbonyl (C=O) groups is 2. The summed E-state index contributed by atoms with van der Waals surface area (Å²) in [6.07, 6.45) is 0.401. The summed E-state index contributed by atoms with van der Waals surface area (Å²) < 4.78 is 5.09. The average Bonchev–Trinajstić information content (AvgIpc) is 2.61. The molecular formula is C21H17NO3. The van der Waals surface area contributed by atoms with Gasteiger partial charge in [-0.3, -0.25) is 9.59 Å². The quantitative estimate of drug-likeness (QED) is 0.564. The Kier molecular flexibility index (Phi) is 3.73. The summed E-state index contributed by atoms with van der Waals surface area (Å²) in [7, 11) is 0. The first-order chi connectivity index (χ1) is 12.1. The van der Waals surface area contributed by atoms with Crippen LogP contribution in [0.25, 0.3) is 10.8 Å². The normalized spacial score (nSPS) is 16.2. The summed E-state index contributed by atoms with van der Waals surface area (Å²) >= 11 is 0. The summed E-state index contributed by atoms with van der Waals surface area (Å²) in [5.41, 5.74) is 3.03. The molecule has 0 unspecified atom stereocenters. The number of fused-ring (bicyclic) bond motifs is 3. The van der Waals surface area contributed by atoms with Crippen molar-refractivity contribution in [2.45, 2.75) is 19.3 Å². The highest BCUT2D eigenvalue weighted by atomic mass is 16.5. The monoisotopic (exact) mass is 331 g/mol. The van der Waals surface area contributed by atoms with Gasteiger partial charge in [-0.05, 0) is 28.6 Å². The number of rotatable bonds is 2. The van der Waals surface area contributed by atoms with Gasteiger partial charge in [0.1, 0.15) is 5.75 Å². The smallest absolute Gasteiger partial charge is 0.308 e. The van der Waals surface area contributed by atoms with Crippen molar-refractivity contribution in [3.8, 4) is 5.75 Å². The molecule has 3 aromatic carbocycles. The highest BCUT2D eigenvalue weighted by Gasteiger charge is 2.27. The van der Waals surface area contributed by atoms with Gasteiger partial charge in [0.2, 0.25) is 5.91 Å². The van der Waals surface area contributed by atoms with Crippen LogP contribution >= 0.6 is 0 Å². The molecule has 0 spiro atoms. The summed E-state index contributed by atoms with van der Waals surface area (Å²) in [4.78, 5) is 23.3. The number of anilines is 1. The highest BCUT2D eigenvalue weighted by molar-refractivity contribution is 6.06. The molecular weight excluding hydrogens is 314 g/mol. The van der Waals surface area contributed by atoms with E-state index in [9.17, 15) is 9.59 Å². The van der Waals surface area contributed by atoms with Gasteiger partial charge in [0.05, 0.1) is 5.69 Å². The van der Waals surface area contributed by atoms with Gasteiger partial charge < -0.3 is 10.1 Å². The van der Waals surface area contributed by atoms with Crippen molar-refractivity contribution in [3.63, 3.8) is 0 Å². The first-order valence-electron chi connectivity index (χ1n) is 8.22. The van der Waals surface area contributed by atoms with Crippen molar-refractivity contribution < 1.29 is 14.3 Å². The third-order valence-corrected chi connectivity index (χ3v) is 4.53. The number of amides is 1. The Hall–Kier alpha value is -3.14. The van der Waals surface area contributed by atoms with Crippen molar-refractivity contribution in [2.24, 2.45) is 0 Å². The zero-order valence-corrected chi connectivity index (χ0v) is 13.8. The predicted octanol–water partition coefficient (Wildman–Crippen LogP) is 4.24. The number of hydrogen-bond acceptors (Lipinski definition) is 3. The summed E-state index contributed by atoms with van der Waals surface area (Å²) in [5, 5.41) is 5.19. The number of carbonyl (C=O) groups excluding carboxylic acids is 2.